The Bertz CT molecular complexity index is 15200. The van der Waals surface area contributed by atoms with Crippen molar-refractivity contribution in [2.45, 2.75) is 0 Å². The maximum absolute atomic E-state index is 9.37. The minimum Gasteiger partial charge on any atom is -0.0622 e. The summed E-state index contributed by atoms with van der Waals surface area (Å²) < 4.78 is 789. The van der Waals surface area contributed by atoms with Gasteiger partial charge in [-0.3, -0.25) is 0 Å². The molecule has 28 rings (SSSR count). The Hall–Kier alpha value is -17.9. The van der Waals surface area contributed by atoms with Crippen LogP contribution in [0.2, 0.25) is 0 Å². The van der Waals surface area contributed by atoms with Crippen molar-refractivity contribution in [3.05, 3.63) is 544 Å². The highest BCUT2D eigenvalue weighted by molar-refractivity contribution is 6.30. The summed E-state index contributed by atoms with van der Waals surface area (Å²) in [6.45, 7) is 0. The predicted molar refractivity (Wildman–Crippen MR) is 597 cm³/mol. The van der Waals surface area contributed by atoms with Crippen LogP contribution in [0.1, 0.15) is 123 Å². The molecule has 0 fully saturated rings. The Morgan fingerprint density at radius 2 is 0.268 bits per heavy atom. The van der Waals surface area contributed by atoms with Gasteiger partial charge in [-0.15, -0.1) is 0 Å². The zero-order chi connectivity index (χ0) is 170. The monoisotopic (exact) mass is 1840 g/mol. The maximum atomic E-state index is 9.37. The van der Waals surface area contributed by atoms with Crippen molar-refractivity contribution in [3.8, 4) is 100 Å². The number of rotatable bonds is 9. The van der Waals surface area contributed by atoms with E-state index in [9.17, 15) is 24.7 Å². The largest absolute Gasteiger partial charge is 0.0636 e. The molecule has 0 aliphatic rings. The van der Waals surface area contributed by atoms with E-state index in [1.165, 1.54) is 0 Å². The predicted octanol–water partition coefficient (Wildman–Crippen LogP) is 39.0. The molecule has 0 saturated carbocycles. The number of hydrogen-bond acceptors (Lipinski definition) is 0. The summed E-state index contributed by atoms with van der Waals surface area (Å²) in [5.41, 5.74) is -12.0. The van der Waals surface area contributed by atoms with Gasteiger partial charge in [-0.25, -0.2) is 0 Å². The smallest absolute Gasteiger partial charge is 0.0622 e. The molecule has 0 atom stereocenters. The minimum absolute atomic E-state index is 0.515. The first-order valence-corrected chi connectivity index (χ1v) is 40.5. The van der Waals surface area contributed by atoms with Gasteiger partial charge in [0.25, 0.3) is 0 Å². The molecule has 0 aliphatic heterocycles. The zero-order valence-electron chi connectivity index (χ0n) is 159. The summed E-state index contributed by atoms with van der Waals surface area (Å²) in [5.74, 6) is 0. The van der Waals surface area contributed by atoms with Crippen molar-refractivity contribution in [1.29, 1.82) is 0 Å². The average Bonchev–Trinajstić information content (AvgIpc) is 0.684. The Labute approximate surface area is 928 Å². The summed E-state index contributed by atoms with van der Waals surface area (Å²) in [7, 11) is 0. The molecule has 0 radical (unpaired) electrons. The van der Waals surface area contributed by atoms with Crippen LogP contribution in [0.25, 0.3) is 262 Å². The number of benzene rings is 28. The highest BCUT2D eigenvalue weighted by Crippen LogP contribution is 2.52. The SMILES string of the molecule is [2H]c1c([2H])c([2H])c(-c2c([2H])c([2H])c(-c3c4c([2H])c([2H])c([2H])c([2H])c4c(-c4c([2H])c([2H])c([2H])c5c([2H])c([2H])c([2H])c([2H])c45)c4c([2H])c([2H])c([2H])c([2H])c34)c([2H])c2[2H])c([2H])c1[2H].[2H]c1c([2H])c([2H])c(-c2c3c([2H])c([2H])c([2H])c([2H])c3c(-c3c([2H])c([2H])c([2H])c4c([2H])c([2H])c([2H])c([2H])c34)c3c([2H])c([2H])c([2H])c([2H])c23)c([2H])c1[2H].[2H]c1c([2H])c([2H])c2c(-c3c4c([2H])c([2H])c([2H])c([2H])c4c(-c4c([2H])c([2H])c([2H])c5c4c([2H])c([2H])c4c([2H])c([2H])c([2H])c([2H])c45)c4c([2H])c([2H])c([2H])c([2H])c34)c([2H])c([2H])c([2H])c2c1[2H].[2H]c1c([2H])c([2H])c2c([2H])c(-c3c4c([2H])c([2H])c([2H])c([2H])c4c(-c4c([2H])c([2H])c([2H])c5c([2H])c([2H])c([2H])c([2H])c45)c4c([2H])c([2H])c([2H])c([2H])c34)c([2H])c([2H])c2c1[2H]. The Morgan fingerprint density at radius 3 is 0.587 bits per heavy atom. The highest BCUT2D eigenvalue weighted by Gasteiger charge is 2.25. The molecule has 0 heterocycles. The molecule has 0 N–H and O–H groups in total. The van der Waals surface area contributed by atoms with Crippen molar-refractivity contribution >= 4 is 162 Å². The minimum atomic E-state index is -1.03. The molecule has 0 aromatic heterocycles. The molecule has 0 bridgehead atoms. The molecule has 138 heavy (non-hydrogen) atoms. The fraction of sp³-hybridized carbons (Fsp3) is 0. The third-order valence-corrected chi connectivity index (χ3v) is 22.0. The Morgan fingerprint density at radius 1 is 0.0870 bits per heavy atom. The third kappa shape index (κ3) is 14.5. The standard InChI is InChI=1S/C38H24.C36H24.C34H22.C30H20/c1-4-15-28-25(11-1)13-9-21-31(28)37-33-16-5-7-18-35(33)38(36-19-8-6-17-34(36)37)32-22-10-20-29-27-14-3-2-12-26(27)23-24-30(29)32;1-2-11-25(12-3-1)26-21-23-28(24-22-26)35-31-16-6-8-18-33(31)36(34-19-9-7-17-32(34)35)30-20-10-14-27-13-4-5-15-29(27)30;1-2-12-25-22-26(21-20-23(25)10-1)33-29-15-5-7-17-31(29)34(32-18-8-6-16-30(32)33)28-19-9-13-24-11-3-4-14-27(24)28;1-2-12-22(13-3-1)29-25-16-6-8-18-27(25)30(28-19-9-7-17-26(28)29)24-20-10-14-21-11-4-5-15-23(21)24/h1-24H;1-24H;1-22H;1-20H/i2*1D,2D,3D,4D,5D,6D,7D,8D,9D,10D,11D,12D,13D,14D,15D,16D,17D,18D,19D,20D,21D,22D,23D,24D;1D,2D,3D,4D,5D,6D,7D,8D,9D,10D,11D,12D,13D,14D,15D,16D,17D,18D,19D,20D,21D,22D;1D,2D,3D,4D,5D,6D,7D,8D,9D,10D,11D,12D,13D,14D,15D,16D,17D,18D,19D,20D. The van der Waals surface area contributed by atoms with Crippen LogP contribution in [-0.2, 0) is 0 Å². The second kappa shape index (κ2) is 35.5. The Kier molecular flexibility index (Phi) is 8.00. The quantitative estimate of drug-likeness (QED) is 0.0998. The van der Waals surface area contributed by atoms with Crippen molar-refractivity contribution < 1.29 is 123 Å². The van der Waals surface area contributed by atoms with E-state index in [2.05, 4.69) is 0 Å². The van der Waals surface area contributed by atoms with Crippen LogP contribution in [0.5, 0.6) is 0 Å². The Balaban J connectivity index is 0.000000143. The molecule has 0 nitrogen and oxygen atoms in total. The lowest BCUT2D eigenvalue weighted by Gasteiger charge is -2.20. The van der Waals surface area contributed by atoms with Gasteiger partial charge in [0, 0.05) is 0 Å². The normalized spacial score (nSPS) is 20.6. The first-order valence-electron chi connectivity index (χ1n) is 85.5. The van der Waals surface area contributed by atoms with E-state index >= 15 is 0 Å². The summed E-state index contributed by atoms with van der Waals surface area (Å²) in [6.07, 6.45) is 0. The molecule has 642 valence electrons. The summed E-state index contributed by atoms with van der Waals surface area (Å²) in [6, 6.07) is -79.1. The van der Waals surface area contributed by atoms with Gasteiger partial charge >= 0.3 is 0 Å². The van der Waals surface area contributed by atoms with Gasteiger partial charge in [0.2, 0.25) is 0 Å². The fourth-order valence-corrected chi connectivity index (χ4v) is 16.3. The van der Waals surface area contributed by atoms with Crippen LogP contribution >= 0.6 is 0 Å². The van der Waals surface area contributed by atoms with Gasteiger partial charge in [0.05, 0.1) is 123 Å². The molecule has 0 amide bonds. The highest BCUT2D eigenvalue weighted by atomic mass is 14.3. The lowest BCUT2D eigenvalue weighted by molar-refractivity contribution is 1.61. The first kappa shape index (κ1) is 31.1. The van der Waals surface area contributed by atoms with E-state index in [4.69, 9.17) is 98.7 Å². The molecule has 0 unspecified atom stereocenters. The van der Waals surface area contributed by atoms with E-state index in [-0.39, 0.29) is 0 Å². The average molecular weight is 1840 g/mol. The lowest BCUT2D eigenvalue weighted by Crippen LogP contribution is -1.92. The van der Waals surface area contributed by atoms with E-state index < -0.39 is 806 Å². The lowest BCUT2D eigenvalue weighted by atomic mass is 9.83. The molecule has 28 aromatic rings. The van der Waals surface area contributed by atoms with Crippen LogP contribution in [0, 0.1) is 0 Å². The van der Waals surface area contributed by atoms with Gasteiger partial charge in [-0.05, 0) is 268 Å². The van der Waals surface area contributed by atoms with Crippen molar-refractivity contribution in [3.63, 3.8) is 0 Å². The van der Waals surface area contributed by atoms with E-state index in [0.29, 0.717) is 0 Å². The molecule has 0 aliphatic carbocycles. The van der Waals surface area contributed by atoms with Gasteiger partial charge in [0.1, 0.15) is 0 Å². The van der Waals surface area contributed by atoms with E-state index in [1.807, 2.05) is 0 Å². The van der Waals surface area contributed by atoms with Gasteiger partial charge in [0.15, 0.2) is 0 Å². The molecule has 0 heteroatoms. The maximum Gasteiger partial charge on any atom is 0.0636 e. The van der Waals surface area contributed by atoms with Gasteiger partial charge in [-0.1, -0.05) is 538 Å². The zero-order valence-corrected chi connectivity index (χ0v) is 69.0. The number of fused-ring (bicyclic) bond motifs is 16. The summed E-state index contributed by atoms with van der Waals surface area (Å²) in [5, 5.41) is -18.3. The van der Waals surface area contributed by atoms with Gasteiger partial charge < -0.3 is 0 Å². The van der Waals surface area contributed by atoms with Crippen molar-refractivity contribution in [2.75, 3.05) is 0 Å². The summed E-state index contributed by atoms with van der Waals surface area (Å²) in [4.78, 5) is 0. The second-order valence-electron chi connectivity index (χ2n) is 29.2. The van der Waals surface area contributed by atoms with Crippen LogP contribution < -0.4 is 0 Å². The topological polar surface area (TPSA) is 0 Å². The van der Waals surface area contributed by atoms with E-state index in [0.717, 1.165) is 0 Å². The van der Waals surface area contributed by atoms with Crippen LogP contribution in [0.15, 0.2) is 544 Å². The molecule has 0 saturated heterocycles. The second-order valence-corrected chi connectivity index (χ2v) is 29.2. The van der Waals surface area contributed by atoms with Crippen molar-refractivity contribution in [1.82, 2.24) is 0 Å². The van der Waals surface area contributed by atoms with Crippen molar-refractivity contribution in [2.24, 2.45) is 0 Å². The summed E-state index contributed by atoms with van der Waals surface area (Å²) >= 11 is 0. The van der Waals surface area contributed by atoms with Crippen LogP contribution in [0.3, 0.4) is 0 Å². The molecule has 28 aromatic carbocycles. The molecular weight excluding hydrogens is 1660 g/mol. The number of hydrogen-bond donors (Lipinski definition) is 0. The van der Waals surface area contributed by atoms with Crippen LogP contribution in [-0.4, -0.2) is 0 Å². The van der Waals surface area contributed by atoms with E-state index in [1.54, 1.807) is 0 Å². The molecular formula is C138H90. The fourth-order valence-electron chi connectivity index (χ4n) is 16.3. The first-order chi connectivity index (χ1) is 106. The van der Waals surface area contributed by atoms with Crippen LogP contribution in [0.4, 0.5) is 0 Å². The molecule has 0 spiro atoms. The third-order valence-electron chi connectivity index (χ3n) is 22.0. The van der Waals surface area contributed by atoms with Gasteiger partial charge in [-0.2, -0.15) is 0 Å².